The zero-order valence-corrected chi connectivity index (χ0v) is 11.9. The number of carbonyl (C=O) groups excluding carboxylic acids is 2. The third-order valence-corrected chi connectivity index (χ3v) is 4.44. The van der Waals surface area contributed by atoms with E-state index in [0.29, 0.717) is 5.56 Å². The molecule has 3 rings (SSSR count). The number of halogens is 2. The Labute approximate surface area is 129 Å². The monoisotopic (exact) mass is 324 g/mol. The van der Waals surface area contributed by atoms with Crippen LogP contribution in [0.3, 0.4) is 0 Å². The molecule has 122 valence electrons. The van der Waals surface area contributed by atoms with Crippen LogP contribution in [0.25, 0.3) is 0 Å². The van der Waals surface area contributed by atoms with E-state index >= 15 is 0 Å². The lowest BCUT2D eigenvalue weighted by Crippen LogP contribution is -2.50. The van der Waals surface area contributed by atoms with E-state index in [9.17, 15) is 23.2 Å². The number of amides is 3. The molecule has 1 aromatic carbocycles. The van der Waals surface area contributed by atoms with Gasteiger partial charge in [0.2, 0.25) is 0 Å². The highest BCUT2D eigenvalue weighted by molar-refractivity contribution is 6.07. The van der Waals surface area contributed by atoms with Crippen LogP contribution in [0.4, 0.5) is 13.6 Å². The van der Waals surface area contributed by atoms with Gasteiger partial charge in [-0.2, -0.15) is 0 Å². The zero-order chi connectivity index (χ0) is 16.8. The average molecular weight is 324 g/mol. The summed E-state index contributed by atoms with van der Waals surface area (Å²) in [7, 11) is 0. The molecule has 0 radical (unpaired) electrons. The summed E-state index contributed by atoms with van der Waals surface area (Å²) < 4.78 is 26.5. The van der Waals surface area contributed by atoms with Crippen LogP contribution in [0, 0.1) is 23.5 Å². The average Bonchev–Trinajstić information content (AvgIpc) is 3.18. The van der Waals surface area contributed by atoms with E-state index < -0.39 is 46.9 Å². The van der Waals surface area contributed by atoms with Crippen LogP contribution in [0.15, 0.2) is 18.2 Å². The summed E-state index contributed by atoms with van der Waals surface area (Å²) in [4.78, 5) is 34.7. The molecular weight excluding hydrogens is 310 g/mol. The maximum Gasteiger partial charge on any atom is 0.322 e. The highest BCUT2D eigenvalue weighted by atomic mass is 19.1. The fraction of sp³-hybridized carbons (Fsp3) is 0.400. The number of carboxylic acids is 1. The fourth-order valence-electron chi connectivity index (χ4n) is 3.24. The van der Waals surface area contributed by atoms with Gasteiger partial charge in [0, 0.05) is 12.0 Å². The summed E-state index contributed by atoms with van der Waals surface area (Å²) in [5, 5.41) is 13.7. The van der Waals surface area contributed by atoms with Crippen LogP contribution in [-0.2, 0) is 16.0 Å². The summed E-state index contributed by atoms with van der Waals surface area (Å²) in [5.74, 6) is -4.31. The highest BCUT2D eigenvalue weighted by Crippen LogP contribution is 2.49. The molecule has 3 N–H and O–H groups in total. The predicted molar refractivity (Wildman–Crippen MR) is 73.3 cm³/mol. The number of aliphatic carboxylic acids is 1. The minimum absolute atomic E-state index is 0.0713. The number of benzene rings is 1. The van der Waals surface area contributed by atoms with E-state index in [-0.39, 0.29) is 19.3 Å². The number of carboxylic acid groups (broad SMARTS) is 1. The van der Waals surface area contributed by atoms with Crippen LogP contribution in [0.1, 0.15) is 18.4 Å². The van der Waals surface area contributed by atoms with E-state index in [0.717, 1.165) is 18.2 Å². The fourth-order valence-corrected chi connectivity index (χ4v) is 3.24. The van der Waals surface area contributed by atoms with E-state index in [4.69, 9.17) is 5.11 Å². The number of hydrogen-bond donors (Lipinski definition) is 3. The predicted octanol–water partition coefficient (Wildman–Crippen LogP) is 1.20. The van der Waals surface area contributed by atoms with Gasteiger partial charge in [-0.1, -0.05) is 0 Å². The molecule has 1 unspecified atom stereocenters. The molecule has 0 spiro atoms. The largest absolute Gasteiger partial charge is 0.481 e. The zero-order valence-electron chi connectivity index (χ0n) is 11.9. The first-order valence-electron chi connectivity index (χ1n) is 7.13. The van der Waals surface area contributed by atoms with Crippen molar-refractivity contribution in [1.82, 2.24) is 10.6 Å². The molecular formula is C15H14F2N2O4. The lowest BCUT2D eigenvalue weighted by molar-refractivity contribution is -0.139. The summed E-state index contributed by atoms with van der Waals surface area (Å²) >= 11 is 0. The van der Waals surface area contributed by atoms with Crippen LogP contribution in [0.5, 0.6) is 0 Å². The Morgan fingerprint density at radius 3 is 2.39 bits per heavy atom. The molecule has 0 bridgehead atoms. The van der Waals surface area contributed by atoms with Crippen molar-refractivity contribution in [3.8, 4) is 0 Å². The van der Waals surface area contributed by atoms with Crippen LogP contribution >= 0.6 is 0 Å². The standard InChI is InChI=1S/C15H14F2N2O4/c16-8-3-7(4-9(17)5-8)1-2-15(11-6-10(11)12(20)21)13(22)18-14(23)19-15/h3-5,10-11H,1-2,6H2,(H,20,21)(H2,18,19,22,23)/t10-,11-,15?/m0/s1. The van der Waals surface area contributed by atoms with Crippen molar-refractivity contribution in [3.05, 3.63) is 35.4 Å². The van der Waals surface area contributed by atoms with Gasteiger partial charge in [-0.15, -0.1) is 0 Å². The lowest BCUT2D eigenvalue weighted by atomic mass is 9.85. The van der Waals surface area contributed by atoms with Gasteiger partial charge in [-0.3, -0.25) is 14.9 Å². The lowest BCUT2D eigenvalue weighted by Gasteiger charge is -2.26. The van der Waals surface area contributed by atoms with Gasteiger partial charge >= 0.3 is 12.0 Å². The Balaban J connectivity index is 1.81. The smallest absolute Gasteiger partial charge is 0.322 e. The summed E-state index contributed by atoms with van der Waals surface area (Å²) in [6.45, 7) is 0. The number of aryl methyl sites for hydroxylation is 1. The van der Waals surface area contributed by atoms with Crippen molar-refractivity contribution in [2.75, 3.05) is 0 Å². The minimum Gasteiger partial charge on any atom is -0.481 e. The van der Waals surface area contributed by atoms with E-state index in [2.05, 4.69) is 10.6 Å². The minimum atomic E-state index is -1.34. The number of rotatable bonds is 5. The first-order chi connectivity index (χ1) is 10.8. The quantitative estimate of drug-likeness (QED) is 0.709. The molecule has 6 nitrogen and oxygen atoms in total. The van der Waals surface area contributed by atoms with Gasteiger partial charge < -0.3 is 10.4 Å². The Bertz CT molecular complexity index is 688. The molecule has 1 aliphatic heterocycles. The first kappa shape index (κ1) is 15.4. The highest BCUT2D eigenvalue weighted by Gasteiger charge is 2.62. The topological polar surface area (TPSA) is 95.5 Å². The molecule has 23 heavy (non-hydrogen) atoms. The number of hydrogen-bond acceptors (Lipinski definition) is 3. The van der Waals surface area contributed by atoms with Gasteiger partial charge in [0.25, 0.3) is 5.91 Å². The van der Waals surface area contributed by atoms with Crippen LogP contribution in [-0.4, -0.2) is 28.6 Å². The molecule has 1 aromatic rings. The Morgan fingerprint density at radius 2 is 1.91 bits per heavy atom. The number of imide groups is 1. The number of nitrogens with one attached hydrogen (secondary N) is 2. The molecule has 3 atom stereocenters. The first-order valence-corrected chi connectivity index (χ1v) is 7.13. The molecule has 2 aliphatic rings. The second-order valence-corrected chi connectivity index (χ2v) is 5.94. The molecule has 2 fully saturated rings. The maximum atomic E-state index is 13.2. The second-order valence-electron chi connectivity index (χ2n) is 5.94. The number of carbonyl (C=O) groups is 3. The van der Waals surface area contributed by atoms with Crippen molar-refractivity contribution in [3.63, 3.8) is 0 Å². The van der Waals surface area contributed by atoms with Gasteiger partial charge in [0.1, 0.15) is 17.2 Å². The second kappa shape index (κ2) is 5.29. The third kappa shape index (κ3) is 2.76. The van der Waals surface area contributed by atoms with Crippen molar-refractivity contribution in [2.24, 2.45) is 11.8 Å². The van der Waals surface area contributed by atoms with Crippen LogP contribution < -0.4 is 10.6 Å². The van der Waals surface area contributed by atoms with E-state index in [1.165, 1.54) is 0 Å². The molecule has 3 amide bonds. The normalized spacial score (nSPS) is 29.1. The third-order valence-electron chi connectivity index (χ3n) is 4.44. The Hall–Kier alpha value is -2.51. The Morgan fingerprint density at radius 1 is 1.26 bits per heavy atom. The summed E-state index contributed by atoms with van der Waals surface area (Å²) in [5.41, 5.74) is -1.01. The molecule has 8 heteroatoms. The van der Waals surface area contributed by atoms with Crippen LogP contribution in [0.2, 0.25) is 0 Å². The van der Waals surface area contributed by atoms with E-state index in [1.807, 2.05) is 0 Å². The summed E-state index contributed by atoms with van der Waals surface area (Å²) in [6, 6.07) is 2.35. The van der Waals surface area contributed by atoms with Gasteiger partial charge in [0.05, 0.1) is 5.92 Å². The van der Waals surface area contributed by atoms with Gasteiger partial charge in [-0.25, -0.2) is 13.6 Å². The molecule has 1 heterocycles. The van der Waals surface area contributed by atoms with Gasteiger partial charge in [0.15, 0.2) is 0 Å². The SMILES string of the molecule is O=C1NC(=O)C(CCc2cc(F)cc(F)c2)([C@H]2C[C@@H]2C(=O)O)N1. The van der Waals surface area contributed by atoms with Crippen molar-refractivity contribution < 1.29 is 28.3 Å². The maximum absolute atomic E-state index is 13.2. The van der Waals surface area contributed by atoms with Crippen molar-refractivity contribution >= 4 is 17.9 Å². The number of urea groups is 1. The summed E-state index contributed by atoms with van der Waals surface area (Å²) in [6.07, 6.45) is 0.480. The van der Waals surface area contributed by atoms with E-state index in [1.54, 1.807) is 0 Å². The van der Waals surface area contributed by atoms with Crippen molar-refractivity contribution in [1.29, 1.82) is 0 Å². The molecule has 1 saturated heterocycles. The molecule has 0 aromatic heterocycles. The Kier molecular flexibility index (Phi) is 3.54. The van der Waals surface area contributed by atoms with Crippen molar-refractivity contribution in [2.45, 2.75) is 24.8 Å². The molecule has 1 saturated carbocycles. The molecule has 1 aliphatic carbocycles. The van der Waals surface area contributed by atoms with Gasteiger partial charge in [-0.05, 0) is 37.0 Å².